The van der Waals surface area contributed by atoms with Gasteiger partial charge in [-0.25, -0.2) is 0 Å². The van der Waals surface area contributed by atoms with E-state index in [2.05, 4.69) is 0 Å². The lowest BCUT2D eigenvalue weighted by Gasteiger charge is -2.03. The number of nitrogens with two attached hydrogens (primary N) is 1. The minimum absolute atomic E-state index is 0.137. The van der Waals surface area contributed by atoms with E-state index in [0.717, 1.165) is 0 Å². The summed E-state index contributed by atoms with van der Waals surface area (Å²) >= 11 is 0. The van der Waals surface area contributed by atoms with E-state index in [9.17, 15) is 9.59 Å². The van der Waals surface area contributed by atoms with Crippen LogP contribution in [-0.4, -0.2) is 28.7 Å². The molecule has 0 aromatic heterocycles. The Morgan fingerprint density at radius 2 is 1.90 bits per heavy atom. The molecule has 4 N–H and O–H groups in total. The second kappa shape index (κ2) is 3.84. The van der Waals surface area contributed by atoms with Gasteiger partial charge in [0.1, 0.15) is 0 Å². The monoisotopic (exact) mass is 147 g/mol. The summed E-state index contributed by atoms with van der Waals surface area (Å²) in [6.45, 7) is -0.137. The van der Waals surface area contributed by atoms with Crippen LogP contribution in [0.3, 0.4) is 0 Å². The van der Waals surface area contributed by atoms with Crippen LogP contribution in [-0.2, 0) is 9.59 Å². The first-order valence-electron chi connectivity index (χ1n) is 2.72. The van der Waals surface area contributed by atoms with Crippen molar-refractivity contribution in [3.05, 3.63) is 0 Å². The summed E-state index contributed by atoms with van der Waals surface area (Å²) < 4.78 is 0. The Labute approximate surface area is 57.5 Å². The topological polar surface area (TPSA) is 101 Å². The summed E-state index contributed by atoms with van der Waals surface area (Å²) in [5.41, 5.74) is 4.98. The molecule has 0 fully saturated rings. The van der Waals surface area contributed by atoms with Crippen LogP contribution in [0.1, 0.15) is 6.42 Å². The van der Waals surface area contributed by atoms with Gasteiger partial charge in [-0.15, -0.1) is 0 Å². The predicted molar refractivity (Wildman–Crippen MR) is 32.4 cm³/mol. The molecule has 1 atom stereocenters. The van der Waals surface area contributed by atoms with E-state index in [1.165, 1.54) is 0 Å². The standard InChI is InChI=1S/C5H9NO4/c6-2-3(5(9)10)1-4(7)8/h3H,1-2,6H2,(H,7,8)(H,9,10)/t3-/m1/s1. The molecule has 0 spiro atoms. The number of carboxylic acid groups (broad SMARTS) is 2. The maximum atomic E-state index is 10.1. The van der Waals surface area contributed by atoms with Crippen molar-refractivity contribution in [2.45, 2.75) is 6.42 Å². The quantitative estimate of drug-likeness (QED) is 0.479. The van der Waals surface area contributed by atoms with Crippen LogP contribution in [0.4, 0.5) is 0 Å². The van der Waals surface area contributed by atoms with Crippen molar-refractivity contribution < 1.29 is 19.8 Å². The van der Waals surface area contributed by atoms with E-state index in [0.29, 0.717) is 0 Å². The molecule has 0 aliphatic heterocycles. The summed E-state index contributed by atoms with van der Waals surface area (Å²) in [5.74, 6) is -3.26. The van der Waals surface area contributed by atoms with Crippen molar-refractivity contribution in [1.82, 2.24) is 0 Å². The Kier molecular flexibility index (Phi) is 3.42. The van der Waals surface area contributed by atoms with Crippen LogP contribution in [0.15, 0.2) is 0 Å². The molecule has 0 aliphatic rings. The zero-order valence-corrected chi connectivity index (χ0v) is 5.28. The summed E-state index contributed by atoms with van der Waals surface area (Å²) in [6, 6.07) is 0. The summed E-state index contributed by atoms with van der Waals surface area (Å²) in [4.78, 5) is 20.1. The maximum absolute atomic E-state index is 10.1. The fourth-order valence-corrected chi connectivity index (χ4v) is 0.482. The van der Waals surface area contributed by atoms with E-state index in [-0.39, 0.29) is 6.54 Å². The van der Waals surface area contributed by atoms with Gasteiger partial charge in [-0.05, 0) is 0 Å². The molecule has 58 valence electrons. The lowest BCUT2D eigenvalue weighted by Crippen LogP contribution is -2.25. The average Bonchev–Trinajstić information content (AvgIpc) is 1.81. The predicted octanol–water partition coefficient (Wildman–Crippen LogP) is -0.879. The Balaban J connectivity index is 3.83. The molecule has 0 amide bonds. The van der Waals surface area contributed by atoms with Gasteiger partial charge in [-0.1, -0.05) is 0 Å². The van der Waals surface area contributed by atoms with Crippen LogP contribution in [0.2, 0.25) is 0 Å². The first-order valence-corrected chi connectivity index (χ1v) is 2.72. The lowest BCUT2D eigenvalue weighted by molar-refractivity contribution is -0.147. The molecular weight excluding hydrogens is 138 g/mol. The zero-order chi connectivity index (χ0) is 8.15. The highest BCUT2D eigenvalue weighted by molar-refractivity contribution is 5.77. The fourth-order valence-electron chi connectivity index (χ4n) is 0.482. The Hall–Kier alpha value is -1.10. The molecule has 0 rings (SSSR count). The van der Waals surface area contributed by atoms with Gasteiger partial charge in [0.15, 0.2) is 0 Å². The van der Waals surface area contributed by atoms with E-state index < -0.39 is 24.3 Å². The minimum Gasteiger partial charge on any atom is -0.481 e. The molecule has 0 aromatic rings. The SMILES string of the molecule is NC[C@@H](CC(=O)O)C(=O)O. The van der Waals surface area contributed by atoms with Gasteiger partial charge >= 0.3 is 11.9 Å². The third-order valence-corrected chi connectivity index (χ3v) is 1.05. The Morgan fingerprint density at radius 3 is 2.00 bits per heavy atom. The zero-order valence-electron chi connectivity index (χ0n) is 5.28. The maximum Gasteiger partial charge on any atom is 0.308 e. The molecule has 0 aliphatic carbocycles. The third-order valence-electron chi connectivity index (χ3n) is 1.05. The number of rotatable bonds is 4. The van der Waals surface area contributed by atoms with Crippen LogP contribution in [0, 0.1) is 5.92 Å². The van der Waals surface area contributed by atoms with Gasteiger partial charge in [-0.3, -0.25) is 9.59 Å². The van der Waals surface area contributed by atoms with Crippen molar-refractivity contribution in [2.24, 2.45) is 11.7 Å². The molecule has 0 bridgehead atoms. The van der Waals surface area contributed by atoms with Crippen molar-refractivity contribution >= 4 is 11.9 Å². The highest BCUT2D eigenvalue weighted by Crippen LogP contribution is 1.99. The molecule has 5 heteroatoms. The van der Waals surface area contributed by atoms with Crippen molar-refractivity contribution in [3.63, 3.8) is 0 Å². The Morgan fingerprint density at radius 1 is 1.40 bits per heavy atom. The van der Waals surface area contributed by atoms with E-state index in [4.69, 9.17) is 15.9 Å². The van der Waals surface area contributed by atoms with Gasteiger partial charge in [0.2, 0.25) is 0 Å². The molecule has 0 heterocycles. The molecule has 0 saturated carbocycles. The molecule has 5 nitrogen and oxygen atoms in total. The highest BCUT2D eigenvalue weighted by atomic mass is 16.4. The third kappa shape index (κ3) is 3.03. The van der Waals surface area contributed by atoms with E-state index in [1.54, 1.807) is 0 Å². The number of carbonyl (C=O) groups is 2. The largest absolute Gasteiger partial charge is 0.481 e. The lowest BCUT2D eigenvalue weighted by atomic mass is 10.1. The Bertz CT molecular complexity index is 145. The van der Waals surface area contributed by atoms with Crippen molar-refractivity contribution in [1.29, 1.82) is 0 Å². The first kappa shape index (κ1) is 8.90. The number of hydrogen-bond donors (Lipinski definition) is 3. The average molecular weight is 147 g/mol. The fraction of sp³-hybridized carbons (Fsp3) is 0.600. The molecule has 0 saturated heterocycles. The molecule has 0 unspecified atom stereocenters. The number of hydrogen-bond acceptors (Lipinski definition) is 3. The first-order chi connectivity index (χ1) is 4.57. The van der Waals surface area contributed by atoms with Gasteiger partial charge in [0.05, 0.1) is 12.3 Å². The number of carboxylic acids is 2. The summed E-state index contributed by atoms with van der Waals surface area (Å²) in [5, 5.41) is 16.4. The van der Waals surface area contributed by atoms with Crippen LogP contribution in [0.5, 0.6) is 0 Å². The van der Waals surface area contributed by atoms with E-state index in [1.807, 2.05) is 0 Å². The second-order valence-electron chi connectivity index (χ2n) is 1.87. The van der Waals surface area contributed by atoms with Crippen LogP contribution in [0.25, 0.3) is 0 Å². The summed E-state index contributed by atoms with van der Waals surface area (Å²) in [7, 11) is 0. The smallest absolute Gasteiger partial charge is 0.308 e. The summed E-state index contributed by atoms with van der Waals surface area (Å²) in [6.07, 6.45) is -0.411. The van der Waals surface area contributed by atoms with Crippen molar-refractivity contribution in [2.75, 3.05) is 6.54 Å². The van der Waals surface area contributed by atoms with Gasteiger partial charge in [0, 0.05) is 6.54 Å². The molecule has 0 aromatic carbocycles. The highest BCUT2D eigenvalue weighted by Gasteiger charge is 2.18. The normalized spacial score (nSPS) is 12.5. The second-order valence-corrected chi connectivity index (χ2v) is 1.87. The van der Waals surface area contributed by atoms with Gasteiger partial charge < -0.3 is 15.9 Å². The van der Waals surface area contributed by atoms with Crippen molar-refractivity contribution in [3.8, 4) is 0 Å². The van der Waals surface area contributed by atoms with Crippen LogP contribution >= 0.6 is 0 Å². The van der Waals surface area contributed by atoms with Gasteiger partial charge in [0.25, 0.3) is 0 Å². The molecular formula is C5H9NO4. The molecule has 10 heavy (non-hydrogen) atoms. The number of aliphatic carboxylic acids is 2. The van der Waals surface area contributed by atoms with E-state index >= 15 is 0 Å². The molecule has 0 radical (unpaired) electrons. The van der Waals surface area contributed by atoms with Crippen LogP contribution < -0.4 is 5.73 Å². The minimum atomic E-state index is -1.16. The van der Waals surface area contributed by atoms with Gasteiger partial charge in [-0.2, -0.15) is 0 Å².